The largest absolute Gasteiger partial charge is 0.475 e. The number of phosphoric acid groups is 1. The Morgan fingerprint density at radius 1 is 1.03 bits per heavy atom. The van der Waals surface area contributed by atoms with Gasteiger partial charge in [-0.2, -0.15) is 13.8 Å². The van der Waals surface area contributed by atoms with Crippen LogP contribution >= 0.6 is 7.82 Å². The zero-order chi connectivity index (χ0) is 26.7. The first kappa shape index (κ1) is 30.4. The lowest BCUT2D eigenvalue weighted by molar-refractivity contribution is -0.138. The molecule has 4 atom stereocenters. The molecule has 8 nitrogen and oxygen atoms in total. The molecule has 0 amide bonds. The van der Waals surface area contributed by atoms with Crippen molar-refractivity contribution in [2.24, 2.45) is 0 Å². The third-order valence-electron chi connectivity index (χ3n) is 6.96. The van der Waals surface area contributed by atoms with Crippen molar-refractivity contribution in [3.05, 3.63) is 28.4 Å². The molecule has 1 aromatic rings. The number of fused-ring (bicyclic) bond motifs is 1. The van der Waals surface area contributed by atoms with Gasteiger partial charge in [0.05, 0.1) is 13.2 Å². The van der Waals surface area contributed by atoms with Crippen LogP contribution in [0.2, 0.25) is 0 Å². The minimum absolute atomic E-state index is 0.101. The summed E-state index contributed by atoms with van der Waals surface area (Å²) in [5, 5.41) is 0. The van der Waals surface area contributed by atoms with Crippen molar-refractivity contribution >= 4 is 7.82 Å². The van der Waals surface area contributed by atoms with Gasteiger partial charge in [0, 0.05) is 11.9 Å². The minimum Gasteiger partial charge on any atom is -0.343 e. The molecular weight excluding hydrogens is 505 g/mol. The number of alkyl halides is 2. The van der Waals surface area contributed by atoms with Crippen molar-refractivity contribution in [2.75, 3.05) is 13.2 Å². The third kappa shape index (κ3) is 8.92. The first-order valence-corrected chi connectivity index (χ1v) is 15.4. The molecule has 0 N–H and O–H groups in total. The second-order valence-corrected chi connectivity index (χ2v) is 11.8. The van der Waals surface area contributed by atoms with Crippen LogP contribution in [-0.4, -0.2) is 40.9 Å². The lowest BCUT2D eigenvalue weighted by Crippen LogP contribution is -2.45. The maximum absolute atomic E-state index is 15.1. The molecule has 3 heterocycles. The van der Waals surface area contributed by atoms with Crippen LogP contribution in [0.15, 0.2) is 17.1 Å². The highest BCUT2D eigenvalue weighted by atomic mass is 31.2. The Balaban J connectivity index is 1.29. The first-order valence-electron chi connectivity index (χ1n) is 13.9. The average molecular weight is 549 g/mol. The number of halogens is 2. The summed E-state index contributed by atoms with van der Waals surface area (Å²) in [6, 6.07) is 1.44. The van der Waals surface area contributed by atoms with E-state index in [0.29, 0.717) is 12.1 Å². The van der Waals surface area contributed by atoms with Crippen molar-refractivity contribution < 1.29 is 31.7 Å². The normalized spacial score (nSPS) is 26.9. The topological polar surface area (TPSA) is 88.9 Å². The molecule has 2 saturated heterocycles. The molecule has 2 fully saturated rings. The highest BCUT2D eigenvalue weighted by molar-refractivity contribution is 7.48. The minimum atomic E-state index is -4.15. The second kappa shape index (κ2) is 14.8. The summed E-state index contributed by atoms with van der Waals surface area (Å²) in [5.41, 5.74) is -0.456. The van der Waals surface area contributed by atoms with Crippen LogP contribution in [0, 0.1) is 6.92 Å². The highest BCUT2D eigenvalue weighted by Crippen LogP contribution is 2.59. The number of unbranched alkanes of at least 4 members (excludes halogenated alkanes) is 13. The molecule has 2 aliphatic rings. The summed E-state index contributed by atoms with van der Waals surface area (Å²) >= 11 is 0. The highest BCUT2D eigenvalue weighted by Gasteiger charge is 2.65. The molecule has 37 heavy (non-hydrogen) atoms. The van der Waals surface area contributed by atoms with Gasteiger partial charge in [-0.05, 0) is 19.4 Å². The molecule has 0 bridgehead atoms. The Kier molecular flexibility index (Phi) is 12.2. The zero-order valence-electron chi connectivity index (χ0n) is 22.2. The molecule has 3 rings (SSSR count). The molecule has 212 valence electrons. The molecule has 0 saturated carbocycles. The van der Waals surface area contributed by atoms with Crippen LogP contribution in [0.4, 0.5) is 8.78 Å². The van der Waals surface area contributed by atoms with Crippen molar-refractivity contribution in [1.82, 2.24) is 9.55 Å². The van der Waals surface area contributed by atoms with Crippen LogP contribution in [0.3, 0.4) is 0 Å². The molecule has 2 aliphatic heterocycles. The molecular formula is C26H43F2N2O6P. The number of phosphoric ester groups is 1. The summed E-state index contributed by atoms with van der Waals surface area (Å²) in [6.07, 6.45) is 13.1. The van der Waals surface area contributed by atoms with E-state index >= 15 is 8.78 Å². The van der Waals surface area contributed by atoms with E-state index in [1.54, 1.807) is 6.92 Å². The predicted octanol–water partition coefficient (Wildman–Crippen LogP) is 7.11. The van der Waals surface area contributed by atoms with Gasteiger partial charge < -0.3 is 4.74 Å². The smallest absolute Gasteiger partial charge is 0.343 e. The average Bonchev–Trinajstić information content (AvgIpc) is 3.11. The molecule has 0 aromatic carbocycles. The van der Waals surface area contributed by atoms with E-state index in [-0.39, 0.29) is 13.2 Å². The number of hydrogen-bond acceptors (Lipinski definition) is 7. The Bertz CT molecular complexity index is 931. The second-order valence-electron chi connectivity index (χ2n) is 10.2. The van der Waals surface area contributed by atoms with Gasteiger partial charge in [0.2, 0.25) is 6.23 Å². The lowest BCUT2D eigenvalue weighted by Gasteiger charge is -2.31. The summed E-state index contributed by atoms with van der Waals surface area (Å²) in [6.45, 7) is 3.55. The Morgan fingerprint density at radius 2 is 1.59 bits per heavy atom. The number of ether oxygens (including phenoxy) is 1. The number of rotatable bonds is 17. The fourth-order valence-electron chi connectivity index (χ4n) is 4.78. The number of hydrogen-bond donors (Lipinski definition) is 0. The Morgan fingerprint density at radius 3 is 2.16 bits per heavy atom. The number of aryl methyl sites for hydroxylation is 1. The fraction of sp³-hybridized carbons (Fsp3) is 0.846. The van der Waals surface area contributed by atoms with E-state index in [9.17, 15) is 9.36 Å². The molecule has 1 aromatic heterocycles. The predicted molar refractivity (Wildman–Crippen MR) is 137 cm³/mol. The summed E-state index contributed by atoms with van der Waals surface area (Å²) in [4.78, 5) is 15.8. The van der Waals surface area contributed by atoms with Crippen LogP contribution in [0.25, 0.3) is 0 Å². The lowest BCUT2D eigenvalue weighted by atomic mass is 10.0. The number of nitrogens with zero attached hydrogens (tertiary/aromatic N) is 2. The molecule has 0 spiro atoms. The molecule has 11 heteroatoms. The van der Waals surface area contributed by atoms with Crippen LogP contribution in [0.5, 0.6) is 0 Å². The molecule has 1 unspecified atom stereocenters. The van der Waals surface area contributed by atoms with Crippen molar-refractivity contribution in [1.29, 1.82) is 0 Å². The van der Waals surface area contributed by atoms with Crippen LogP contribution < -0.4 is 5.69 Å². The van der Waals surface area contributed by atoms with Gasteiger partial charge in [0.1, 0.15) is 6.10 Å². The van der Waals surface area contributed by atoms with Gasteiger partial charge >= 0.3 is 19.4 Å². The maximum atomic E-state index is 15.1. The molecule has 0 radical (unpaired) electrons. The molecule has 0 aliphatic carbocycles. The number of aromatic nitrogens is 2. The summed E-state index contributed by atoms with van der Waals surface area (Å²) in [5.74, 6) is -3.62. The van der Waals surface area contributed by atoms with E-state index < -0.39 is 37.9 Å². The van der Waals surface area contributed by atoms with Crippen LogP contribution in [-0.2, 0) is 22.9 Å². The fourth-order valence-corrected chi connectivity index (χ4v) is 6.22. The Labute approximate surface area is 219 Å². The van der Waals surface area contributed by atoms with Gasteiger partial charge in [-0.25, -0.2) is 9.36 Å². The van der Waals surface area contributed by atoms with E-state index in [0.717, 1.165) is 23.8 Å². The van der Waals surface area contributed by atoms with Crippen molar-refractivity contribution in [3.8, 4) is 0 Å². The van der Waals surface area contributed by atoms with E-state index in [1.165, 1.54) is 76.5 Å². The van der Waals surface area contributed by atoms with Gasteiger partial charge in [0.15, 0.2) is 6.10 Å². The van der Waals surface area contributed by atoms with Crippen LogP contribution in [0.1, 0.15) is 109 Å². The van der Waals surface area contributed by atoms with Gasteiger partial charge in [0.25, 0.3) is 0 Å². The van der Waals surface area contributed by atoms with Gasteiger partial charge in [-0.1, -0.05) is 90.4 Å². The zero-order valence-corrected chi connectivity index (χ0v) is 23.1. The van der Waals surface area contributed by atoms with E-state index in [4.69, 9.17) is 18.3 Å². The van der Waals surface area contributed by atoms with Gasteiger partial charge in [-0.3, -0.25) is 18.1 Å². The van der Waals surface area contributed by atoms with Gasteiger partial charge in [-0.15, -0.1) is 0 Å². The van der Waals surface area contributed by atoms with Crippen molar-refractivity contribution in [3.63, 3.8) is 0 Å². The third-order valence-corrected chi connectivity index (χ3v) is 8.41. The SMILES string of the molecule is CCCCCCCCCCCCCCCCOP1(=O)OC[C@H]2O[C@@H](n3ccc(C)nc3=O)C(F)(F)[C@@H]2O1. The van der Waals surface area contributed by atoms with E-state index in [1.807, 2.05) is 0 Å². The Hall–Kier alpha value is -1.19. The summed E-state index contributed by atoms with van der Waals surface area (Å²) in [7, 11) is -4.15. The maximum Gasteiger partial charge on any atom is 0.475 e. The first-order chi connectivity index (χ1) is 17.8. The van der Waals surface area contributed by atoms with Crippen molar-refractivity contribution in [2.45, 2.75) is 128 Å². The standard InChI is InChI=1S/C26H43F2N2O6P/c1-3-4-5-6-7-8-9-10-11-12-13-14-15-16-19-33-37(32)34-20-22-23(36-37)26(27,28)24(35-22)30-18-17-21(2)29-25(30)31/h17-18,22-24H,3-16,19-20H2,1-2H3/t22-,23-,24-,37?/m1/s1. The summed E-state index contributed by atoms with van der Waals surface area (Å²) < 4.78 is 64.7. The quantitative estimate of drug-likeness (QED) is 0.151. The monoisotopic (exact) mass is 548 g/mol. The van der Waals surface area contributed by atoms with E-state index in [2.05, 4.69) is 11.9 Å².